The average molecular weight is 1070 g/mol. The van der Waals surface area contributed by atoms with Gasteiger partial charge in [0.15, 0.2) is 0 Å². The predicted molar refractivity (Wildman–Crippen MR) is 261 cm³/mol. The minimum Gasteiger partial charge on any atom is -0.480 e. The van der Waals surface area contributed by atoms with Crippen LogP contribution in [0.5, 0.6) is 0 Å². The molecule has 7 atom stereocenters. The first-order chi connectivity index (χ1) is 36.0. The highest BCUT2D eigenvalue weighted by Crippen LogP contribution is 2.07. The minimum absolute atomic E-state index is 0.114. The van der Waals surface area contributed by atoms with Gasteiger partial charge in [-0.2, -0.15) is 0 Å². The van der Waals surface area contributed by atoms with E-state index >= 15 is 0 Å². The number of hydrogen-bond acceptors (Lipinski definition) is 17. The summed E-state index contributed by atoms with van der Waals surface area (Å²) in [5.74, 6) is -12.1. The number of nitrogens with two attached hydrogens (primary N) is 2. The van der Waals surface area contributed by atoms with Gasteiger partial charge in [-0.1, -0.05) is 27.7 Å². The molecule has 0 bridgehead atoms. The van der Waals surface area contributed by atoms with Crippen LogP contribution in [0.2, 0.25) is 0 Å². The molecule has 416 valence electrons. The molecule has 0 aliphatic rings. The third-order valence-electron chi connectivity index (χ3n) is 10.9. The monoisotopic (exact) mass is 1070 g/mol. The van der Waals surface area contributed by atoms with E-state index in [4.69, 9.17) is 11.5 Å². The smallest absolute Gasteiger partial charge is 0.326 e. The quantitative estimate of drug-likeness (QED) is 0.0269. The van der Waals surface area contributed by atoms with Gasteiger partial charge in [0.25, 0.3) is 0 Å². The topological polar surface area (TPSA) is 504 Å². The lowest BCUT2D eigenvalue weighted by Crippen LogP contribution is -2.58. The summed E-state index contributed by atoms with van der Waals surface area (Å²) in [5, 5.41) is 42.9. The van der Waals surface area contributed by atoms with Crippen molar-refractivity contribution in [2.45, 2.75) is 102 Å². The molecule has 0 saturated heterocycles. The highest BCUT2D eigenvalue weighted by molar-refractivity contribution is 5.97. The van der Waals surface area contributed by atoms with Crippen LogP contribution in [0.15, 0.2) is 37.6 Å². The van der Waals surface area contributed by atoms with E-state index in [0.717, 1.165) is 0 Å². The summed E-state index contributed by atoms with van der Waals surface area (Å²) in [7, 11) is 0. The number of aromatic amines is 3. The number of rotatable bonds is 33. The zero-order valence-electron chi connectivity index (χ0n) is 42.0. The molecule has 3 aromatic rings. The van der Waals surface area contributed by atoms with Crippen molar-refractivity contribution in [1.29, 1.82) is 0 Å². The first-order valence-corrected chi connectivity index (χ1v) is 23.7. The third kappa shape index (κ3) is 21.7. The van der Waals surface area contributed by atoms with E-state index in [9.17, 15) is 67.7 Å². The summed E-state index contributed by atoms with van der Waals surface area (Å²) < 4.78 is 0. The molecule has 19 N–H and O–H groups in total. The van der Waals surface area contributed by atoms with E-state index in [1.165, 1.54) is 37.6 Å². The van der Waals surface area contributed by atoms with Crippen molar-refractivity contribution in [3.05, 3.63) is 54.7 Å². The Bertz CT molecular complexity index is 2450. The second-order valence-electron chi connectivity index (χ2n) is 17.8. The molecule has 0 aromatic carbocycles. The van der Waals surface area contributed by atoms with Gasteiger partial charge in [-0.3, -0.25) is 52.7 Å². The number of carboxylic acids is 1. The van der Waals surface area contributed by atoms with Crippen molar-refractivity contribution in [1.82, 2.24) is 83.1 Å². The maximum absolute atomic E-state index is 13.7. The van der Waals surface area contributed by atoms with Gasteiger partial charge in [-0.15, -0.1) is 0 Å². The normalized spacial score (nSPS) is 13.7. The lowest BCUT2D eigenvalue weighted by Gasteiger charge is -2.25. The van der Waals surface area contributed by atoms with Crippen molar-refractivity contribution in [3.63, 3.8) is 0 Å². The predicted octanol–water partition coefficient (Wildman–Crippen LogP) is -7.76. The van der Waals surface area contributed by atoms with Crippen LogP contribution in [-0.2, 0) is 76.8 Å². The Kier molecular flexibility index (Phi) is 25.1. The Hall–Kier alpha value is -8.81. The van der Waals surface area contributed by atoms with Gasteiger partial charge in [0, 0.05) is 61.4 Å². The fourth-order valence-electron chi connectivity index (χ4n) is 6.82. The highest BCUT2D eigenvalue weighted by Gasteiger charge is 2.32. The Morgan fingerprint density at radius 2 is 0.882 bits per heavy atom. The average Bonchev–Trinajstić information content (AvgIpc) is 4.20. The summed E-state index contributed by atoms with van der Waals surface area (Å²) >= 11 is 0. The molecule has 32 nitrogen and oxygen atoms in total. The number of imidazole rings is 3. The number of aromatic nitrogens is 6. The molecule has 0 aliphatic carbocycles. The molecule has 0 aliphatic heterocycles. The second-order valence-corrected chi connectivity index (χ2v) is 17.8. The number of carbonyl (C=O) groups is 12. The molecular formula is C44H66N18O14. The van der Waals surface area contributed by atoms with Crippen molar-refractivity contribution in [2.75, 3.05) is 32.8 Å². The Morgan fingerprint density at radius 3 is 1.29 bits per heavy atom. The van der Waals surface area contributed by atoms with Gasteiger partial charge in [0.05, 0.1) is 57.8 Å². The lowest BCUT2D eigenvalue weighted by atomic mass is 10.0. The number of amides is 11. The third-order valence-corrected chi connectivity index (χ3v) is 10.9. The zero-order chi connectivity index (χ0) is 56.5. The van der Waals surface area contributed by atoms with Crippen LogP contribution in [-0.4, -0.2) is 186 Å². The van der Waals surface area contributed by atoms with Crippen LogP contribution in [0, 0.1) is 11.8 Å². The number of aliphatic carboxylic acids is 1. The SMILES string of the molecule is CC(C)[C@H](NC(=O)CNC(=O)[C@H](Cc1cnc[nH]1)NC(=O)[C@H](CCC(N)=O)NC(=O)CNC(=O)[C@H](Cc1cnc[nH]1)NC(=O)CNC(=O)[C@H](CO)NC(=O)[C@@H](NC(=O)CNC(=O)[C@@H](N)Cc1cnc[nH]1)C(C)C)C(=O)O. The summed E-state index contributed by atoms with van der Waals surface area (Å²) in [6.45, 7) is 2.54. The molecule has 0 radical (unpaired) electrons. The van der Waals surface area contributed by atoms with Crippen molar-refractivity contribution < 1.29 is 67.7 Å². The lowest BCUT2D eigenvalue weighted by molar-refractivity contribution is -0.143. The van der Waals surface area contributed by atoms with Crippen LogP contribution in [0.3, 0.4) is 0 Å². The molecule has 11 amide bonds. The number of nitrogens with zero attached hydrogens (tertiary/aromatic N) is 3. The molecule has 3 heterocycles. The van der Waals surface area contributed by atoms with Gasteiger partial charge in [-0.25, -0.2) is 19.7 Å². The van der Waals surface area contributed by atoms with Crippen molar-refractivity contribution in [2.24, 2.45) is 23.3 Å². The van der Waals surface area contributed by atoms with Crippen molar-refractivity contribution in [3.8, 4) is 0 Å². The van der Waals surface area contributed by atoms with E-state index in [1.54, 1.807) is 27.7 Å². The zero-order valence-corrected chi connectivity index (χ0v) is 42.0. The maximum Gasteiger partial charge on any atom is 0.326 e. The van der Waals surface area contributed by atoms with E-state index in [2.05, 4.69) is 83.1 Å². The molecule has 3 aromatic heterocycles. The molecule has 0 saturated carbocycles. The van der Waals surface area contributed by atoms with Crippen LogP contribution >= 0.6 is 0 Å². The number of hydrogen-bond donors (Lipinski definition) is 17. The van der Waals surface area contributed by atoms with E-state index in [1.807, 2.05) is 0 Å². The molecule has 0 fully saturated rings. The number of aliphatic hydroxyl groups is 1. The van der Waals surface area contributed by atoms with Crippen LogP contribution < -0.4 is 64.6 Å². The number of carbonyl (C=O) groups excluding carboxylic acids is 11. The Morgan fingerprint density at radius 1 is 0.500 bits per heavy atom. The minimum atomic E-state index is -1.63. The molecule has 76 heavy (non-hydrogen) atoms. The Balaban J connectivity index is 1.60. The van der Waals surface area contributed by atoms with Gasteiger partial charge in [0.1, 0.15) is 36.3 Å². The number of aliphatic hydroxyl groups excluding tert-OH is 1. The maximum atomic E-state index is 13.7. The molecule has 32 heteroatoms. The highest BCUT2D eigenvalue weighted by atomic mass is 16.4. The number of primary amides is 1. The molecule has 3 rings (SSSR count). The van der Waals surface area contributed by atoms with Crippen LogP contribution in [0.25, 0.3) is 0 Å². The summed E-state index contributed by atoms with van der Waals surface area (Å²) in [6.07, 6.45) is 7.07. The molecule has 0 spiro atoms. The largest absolute Gasteiger partial charge is 0.480 e. The summed E-state index contributed by atoms with van der Waals surface area (Å²) in [4.78, 5) is 174. The summed E-state index contributed by atoms with van der Waals surface area (Å²) in [6, 6.07) is -9.53. The first-order valence-electron chi connectivity index (χ1n) is 23.7. The van der Waals surface area contributed by atoms with E-state index in [-0.39, 0.29) is 25.7 Å². The first kappa shape index (κ1) is 61.5. The fraction of sp³-hybridized carbons (Fsp3) is 0.523. The van der Waals surface area contributed by atoms with Gasteiger partial charge >= 0.3 is 5.97 Å². The number of H-pyrrole nitrogens is 3. The molecule has 0 unspecified atom stereocenters. The number of carboxylic acid groups (broad SMARTS) is 1. The van der Waals surface area contributed by atoms with Gasteiger partial charge < -0.3 is 89.8 Å². The van der Waals surface area contributed by atoms with Crippen LogP contribution in [0.1, 0.15) is 57.6 Å². The van der Waals surface area contributed by atoms with Crippen LogP contribution in [0.4, 0.5) is 0 Å². The fourth-order valence-corrected chi connectivity index (χ4v) is 6.82. The Labute approximate surface area is 433 Å². The molecular weight excluding hydrogens is 1000 g/mol. The number of nitrogens with one attached hydrogen (secondary N) is 13. The van der Waals surface area contributed by atoms with E-state index < -0.39 is 164 Å². The van der Waals surface area contributed by atoms with E-state index in [0.29, 0.717) is 17.1 Å². The standard InChI is InChI=1S/C44H66N18O14/c1-21(2)36(61-34(67)15-50-38(69)26(45)7-23-10-47-18-54-23)43(74)60-30(17-63)41(72)53-14-33(66)58-28(8-24-11-48-19-55-24)39(70)51-13-32(65)57-27(5-6-31(46)64)42(73)59-29(9-25-12-49-20-56-25)40(71)52-16-35(68)62-37(22(3)4)44(75)76/h10-12,18-22,26-30,36-37,63H,5-9,13-17,45H2,1-4H3,(H2,46,64)(H,47,54)(H,48,55)(H,49,56)(H,50,69)(H,51,70)(H,52,71)(H,53,72)(H,57,65)(H,58,66)(H,59,73)(H,60,74)(H,61,67)(H,62,68)(H,75,76)/t26-,27-,28-,29-,30-,36-,37-/m0/s1. The summed E-state index contributed by atoms with van der Waals surface area (Å²) in [5.41, 5.74) is 12.5. The van der Waals surface area contributed by atoms with Gasteiger partial charge in [0.2, 0.25) is 65.0 Å². The van der Waals surface area contributed by atoms with Gasteiger partial charge in [-0.05, 0) is 18.3 Å². The van der Waals surface area contributed by atoms with Crippen molar-refractivity contribution >= 4 is 70.9 Å². The second kappa shape index (κ2) is 31.0.